The third-order valence-electron chi connectivity index (χ3n) is 1.68. The topological polar surface area (TPSA) is 48.5 Å². The minimum atomic E-state index is -0.276. The number of halogens is 1. The lowest BCUT2D eigenvalue weighted by Gasteiger charge is -2.17. The third kappa shape index (κ3) is 1.80. The van der Waals surface area contributed by atoms with Gasteiger partial charge in [-0.25, -0.2) is 4.39 Å². The van der Waals surface area contributed by atoms with E-state index < -0.39 is 0 Å². The fourth-order valence-electron chi connectivity index (χ4n) is 1.02. The van der Waals surface area contributed by atoms with Gasteiger partial charge in [-0.1, -0.05) is 0 Å². The summed E-state index contributed by atoms with van der Waals surface area (Å²) in [4.78, 5) is 0. The maximum Gasteiger partial charge on any atom is 0.205 e. The summed E-state index contributed by atoms with van der Waals surface area (Å²) in [5.41, 5.74) is 8.84. The number of benzene rings is 1. The molecule has 4 nitrogen and oxygen atoms in total. The highest BCUT2D eigenvalue weighted by atomic mass is 32.1. The number of thiocarbonyl (C=S) groups is 1. The molecule has 14 heavy (non-hydrogen) atoms. The molecule has 6 heteroatoms. The molecule has 2 rings (SSSR count). The minimum Gasteiger partial charge on any atom is -0.280 e. The Morgan fingerprint density at radius 1 is 1.14 bits per heavy atom. The van der Waals surface area contributed by atoms with Gasteiger partial charge in [0.25, 0.3) is 0 Å². The molecular weight excluding hydrogens is 203 g/mol. The Bertz CT molecular complexity index is 387. The van der Waals surface area contributed by atoms with Crippen molar-refractivity contribution < 1.29 is 4.39 Å². The molecule has 0 spiro atoms. The number of nitrogens with one attached hydrogen (secondary N) is 3. The van der Waals surface area contributed by atoms with Crippen molar-refractivity contribution in [2.24, 2.45) is 5.10 Å². The fraction of sp³-hybridized carbons (Fsp3) is 0. The predicted octanol–water partition coefficient (Wildman–Crippen LogP) is 0.470. The highest BCUT2D eigenvalue weighted by Crippen LogP contribution is 2.03. The van der Waals surface area contributed by atoms with Gasteiger partial charge in [0, 0.05) is 5.56 Å². The molecule has 0 aromatic heterocycles. The molecule has 0 saturated heterocycles. The first-order valence-corrected chi connectivity index (χ1v) is 4.32. The lowest BCUT2D eigenvalue weighted by atomic mass is 10.2. The Morgan fingerprint density at radius 3 is 2.43 bits per heavy atom. The van der Waals surface area contributed by atoms with Crippen molar-refractivity contribution in [2.45, 2.75) is 0 Å². The number of hydrazine groups is 1. The summed E-state index contributed by atoms with van der Waals surface area (Å²) in [7, 11) is 0. The van der Waals surface area contributed by atoms with Crippen LogP contribution >= 0.6 is 12.2 Å². The van der Waals surface area contributed by atoms with Crippen LogP contribution in [0.2, 0.25) is 0 Å². The van der Waals surface area contributed by atoms with Gasteiger partial charge < -0.3 is 0 Å². The third-order valence-corrected chi connectivity index (χ3v) is 1.87. The van der Waals surface area contributed by atoms with Crippen LogP contribution in [0.15, 0.2) is 29.4 Å². The van der Waals surface area contributed by atoms with Crippen molar-refractivity contribution in [3.05, 3.63) is 35.6 Å². The number of rotatable bonds is 1. The molecule has 1 heterocycles. The average Bonchev–Trinajstić information content (AvgIpc) is 2.21. The molecule has 1 aromatic carbocycles. The van der Waals surface area contributed by atoms with Crippen molar-refractivity contribution in [3.63, 3.8) is 0 Å². The van der Waals surface area contributed by atoms with E-state index in [-0.39, 0.29) is 5.82 Å². The molecule has 0 atom stereocenters. The van der Waals surface area contributed by atoms with Crippen LogP contribution in [-0.4, -0.2) is 10.9 Å². The zero-order valence-electron chi connectivity index (χ0n) is 7.04. The molecule has 72 valence electrons. The Balaban J connectivity index is 2.23. The van der Waals surface area contributed by atoms with E-state index in [0.29, 0.717) is 10.9 Å². The van der Waals surface area contributed by atoms with E-state index >= 15 is 0 Å². The van der Waals surface area contributed by atoms with E-state index in [0.717, 1.165) is 5.56 Å². The zero-order chi connectivity index (χ0) is 9.97. The maximum atomic E-state index is 12.6. The summed E-state index contributed by atoms with van der Waals surface area (Å²) in [5, 5.41) is 4.34. The van der Waals surface area contributed by atoms with Gasteiger partial charge in [0.15, 0.2) is 5.84 Å². The van der Waals surface area contributed by atoms with E-state index in [4.69, 9.17) is 12.2 Å². The van der Waals surface area contributed by atoms with Gasteiger partial charge in [-0.15, -0.1) is 0 Å². The maximum absolute atomic E-state index is 12.6. The normalized spacial score (nSPS) is 14.9. The number of hydrazone groups is 1. The number of hydrogen-bond donors (Lipinski definition) is 3. The van der Waals surface area contributed by atoms with Crippen molar-refractivity contribution in [1.29, 1.82) is 0 Å². The van der Waals surface area contributed by atoms with Crippen LogP contribution in [0.5, 0.6) is 0 Å². The van der Waals surface area contributed by atoms with Crippen LogP contribution in [-0.2, 0) is 0 Å². The van der Waals surface area contributed by atoms with Crippen LogP contribution in [0, 0.1) is 5.82 Å². The second kappa shape index (κ2) is 3.59. The lowest BCUT2D eigenvalue weighted by molar-refractivity contribution is 0.627. The molecule has 3 N–H and O–H groups in total. The van der Waals surface area contributed by atoms with Crippen molar-refractivity contribution in [3.8, 4) is 0 Å². The van der Waals surface area contributed by atoms with Crippen molar-refractivity contribution >= 4 is 23.2 Å². The van der Waals surface area contributed by atoms with E-state index in [1.165, 1.54) is 12.1 Å². The Morgan fingerprint density at radius 2 is 1.86 bits per heavy atom. The first-order chi connectivity index (χ1) is 6.75. The average molecular weight is 210 g/mol. The summed E-state index contributed by atoms with van der Waals surface area (Å²) in [5.74, 6) is 0.292. The van der Waals surface area contributed by atoms with E-state index in [2.05, 4.69) is 21.4 Å². The standard InChI is InChI=1S/C8H7FN4S/c9-6-3-1-5(2-4-6)7-10-12-8(14)13-11-7/h1-4H,(H,10,11)(H2,12,13,14). The van der Waals surface area contributed by atoms with Crippen molar-refractivity contribution in [1.82, 2.24) is 16.3 Å². The molecule has 0 unspecified atom stereocenters. The molecule has 1 aromatic rings. The number of hydrogen-bond acceptors (Lipinski definition) is 3. The van der Waals surface area contributed by atoms with Crippen LogP contribution < -0.4 is 16.3 Å². The lowest BCUT2D eigenvalue weighted by Crippen LogP contribution is -2.51. The second-order valence-electron chi connectivity index (χ2n) is 2.66. The molecule has 0 amide bonds. The van der Waals surface area contributed by atoms with Gasteiger partial charge in [-0.05, 0) is 36.5 Å². The van der Waals surface area contributed by atoms with Crippen LogP contribution in [0.3, 0.4) is 0 Å². The number of amidine groups is 1. The Kier molecular flexibility index (Phi) is 2.28. The first-order valence-electron chi connectivity index (χ1n) is 3.91. The van der Waals surface area contributed by atoms with E-state index in [9.17, 15) is 4.39 Å². The smallest absolute Gasteiger partial charge is 0.205 e. The zero-order valence-corrected chi connectivity index (χ0v) is 7.86. The monoisotopic (exact) mass is 210 g/mol. The highest BCUT2D eigenvalue weighted by molar-refractivity contribution is 7.80. The quantitative estimate of drug-likeness (QED) is 0.590. The summed E-state index contributed by atoms with van der Waals surface area (Å²) in [6.07, 6.45) is 0. The molecule has 0 saturated carbocycles. The van der Waals surface area contributed by atoms with Crippen LogP contribution in [0.25, 0.3) is 0 Å². The molecule has 1 aliphatic rings. The highest BCUT2D eigenvalue weighted by Gasteiger charge is 2.08. The number of nitrogens with zero attached hydrogens (tertiary/aromatic N) is 1. The van der Waals surface area contributed by atoms with Gasteiger partial charge >= 0.3 is 0 Å². The largest absolute Gasteiger partial charge is 0.280 e. The molecule has 0 bridgehead atoms. The van der Waals surface area contributed by atoms with Gasteiger partial charge in [-0.2, -0.15) is 5.10 Å². The van der Waals surface area contributed by atoms with Crippen molar-refractivity contribution in [2.75, 3.05) is 0 Å². The molecule has 0 radical (unpaired) electrons. The summed E-state index contributed by atoms with van der Waals surface area (Å²) in [6.45, 7) is 0. The van der Waals surface area contributed by atoms with Gasteiger partial charge in [0.2, 0.25) is 5.11 Å². The van der Waals surface area contributed by atoms with Gasteiger partial charge in [0.05, 0.1) is 0 Å². The van der Waals surface area contributed by atoms with Crippen LogP contribution in [0.1, 0.15) is 5.56 Å². The second-order valence-corrected chi connectivity index (χ2v) is 3.07. The summed E-state index contributed by atoms with van der Waals surface area (Å²) < 4.78 is 12.6. The Hall–Kier alpha value is -1.69. The molecule has 1 aliphatic heterocycles. The SMILES string of the molecule is Fc1ccc(C2=NNC(=S)NN2)cc1. The molecular formula is C8H7FN4S. The fourth-order valence-corrected chi connectivity index (χ4v) is 1.12. The predicted molar refractivity (Wildman–Crippen MR) is 54.9 cm³/mol. The van der Waals surface area contributed by atoms with Gasteiger partial charge in [-0.3, -0.25) is 16.3 Å². The van der Waals surface area contributed by atoms with E-state index in [1.54, 1.807) is 12.1 Å². The van der Waals surface area contributed by atoms with Gasteiger partial charge in [0.1, 0.15) is 5.82 Å². The molecule has 0 aliphatic carbocycles. The molecule has 0 fully saturated rings. The first kappa shape index (κ1) is 8.89. The van der Waals surface area contributed by atoms with Crippen LogP contribution in [0.4, 0.5) is 4.39 Å². The van der Waals surface area contributed by atoms with E-state index in [1.807, 2.05) is 0 Å². The summed E-state index contributed by atoms with van der Waals surface area (Å²) in [6, 6.07) is 5.98. The summed E-state index contributed by atoms with van der Waals surface area (Å²) >= 11 is 4.78. The Labute approximate surface area is 85.2 Å². The minimum absolute atomic E-state index is 0.276.